The molecule has 0 unspecified atom stereocenters. The van der Waals surface area contributed by atoms with E-state index >= 15 is 0 Å². The predicted molar refractivity (Wildman–Crippen MR) is 87.8 cm³/mol. The number of anilines is 2. The monoisotopic (exact) mass is 350 g/mol. The molecule has 24 heavy (non-hydrogen) atoms. The van der Waals surface area contributed by atoms with Gasteiger partial charge in [0.1, 0.15) is 0 Å². The number of hydrogen-bond donors (Lipinski definition) is 3. The summed E-state index contributed by atoms with van der Waals surface area (Å²) in [5, 5.41) is 13.2. The lowest BCUT2D eigenvalue weighted by atomic mass is 10.3. The van der Waals surface area contributed by atoms with Gasteiger partial charge in [-0.15, -0.1) is 4.83 Å². The third kappa shape index (κ3) is 4.51. The molecule has 0 aliphatic carbocycles. The molecule has 0 saturated carbocycles. The van der Waals surface area contributed by atoms with Crippen LogP contribution in [-0.2, 0) is 14.8 Å². The Morgan fingerprint density at radius 3 is 2.33 bits per heavy atom. The third-order valence-electron chi connectivity index (χ3n) is 2.87. The van der Waals surface area contributed by atoms with Crippen molar-refractivity contribution >= 4 is 33.0 Å². The number of benzene rings is 2. The molecular weight excluding hydrogens is 336 g/mol. The number of nitro groups is 1. The van der Waals surface area contributed by atoms with E-state index in [-0.39, 0.29) is 22.2 Å². The zero-order chi connectivity index (χ0) is 17.7. The molecular formula is C14H14N4O5S. The van der Waals surface area contributed by atoms with E-state index in [1.807, 2.05) is 0 Å². The van der Waals surface area contributed by atoms with Crippen LogP contribution >= 0.6 is 0 Å². The van der Waals surface area contributed by atoms with Crippen LogP contribution in [0.1, 0.15) is 6.92 Å². The molecule has 2 rings (SSSR count). The molecule has 0 aliphatic rings. The van der Waals surface area contributed by atoms with Crippen LogP contribution in [0.25, 0.3) is 0 Å². The van der Waals surface area contributed by atoms with E-state index in [1.165, 1.54) is 55.5 Å². The van der Waals surface area contributed by atoms with Gasteiger partial charge in [0, 0.05) is 24.7 Å². The Balaban J connectivity index is 2.09. The molecule has 0 spiro atoms. The molecule has 0 aromatic heterocycles. The molecule has 2 aromatic carbocycles. The van der Waals surface area contributed by atoms with E-state index in [4.69, 9.17) is 0 Å². The van der Waals surface area contributed by atoms with Gasteiger partial charge in [-0.3, -0.25) is 14.9 Å². The molecule has 2 aromatic rings. The molecule has 0 saturated heterocycles. The van der Waals surface area contributed by atoms with Crippen molar-refractivity contribution in [3.63, 3.8) is 0 Å². The van der Waals surface area contributed by atoms with Gasteiger partial charge in [-0.05, 0) is 30.3 Å². The minimum atomic E-state index is -3.88. The highest BCUT2D eigenvalue weighted by Gasteiger charge is 2.14. The number of hydrazine groups is 1. The first-order chi connectivity index (χ1) is 11.3. The van der Waals surface area contributed by atoms with Crippen LogP contribution in [0.2, 0.25) is 0 Å². The molecule has 0 aliphatic heterocycles. The minimum Gasteiger partial charge on any atom is -0.326 e. The van der Waals surface area contributed by atoms with Gasteiger partial charge in [0.2, 0.25) is 5.91 Å². The normalized spacial score (nSPS) is 10.9. The van der Waals surface area contributed by atoms with Gasteiger partial charge in [-0.2, -0.15) is 0 Å². The van der Waals surface area contributed by atoms with Crippen LogP contribution in [-0.4, -0.2) is 19.2 Å². The SMILES string of the molecule is CC(=O)Nc1ccc(S(=O)(=O)NNc2cccc([N+](=O)[O-])c2)cc1. The summed E-state index contributed by atoms with van der Waals surface area (Å²) in [7, 11) is -3.88. The average Bonchev–Trinajstić information content (AvgIpc) is 2.53. The number of nitrogens with zero attached hydrogens (tertiary/aromatic N) is 1. The first-order valence-corrected chi connectivity index (χ1v) is 8.16. The van der Waals surface area contributed by atoms with E-state index in [0.29, 0.717) is 5.69 Å². The number of non-ortho nitro benzene ring substituents is 1. The second-order valence-electron chi connectivity index (χ2n) is 4.74. The zero-order valence-corrected chi connectivity index (χ0v) is 13.3. The first kappa shape index (κ1) is 17.4. The Bertz CT molecular complexity index is 865. The van der Waals surface area contributed by atoms with Crippen molar-refractivity contribution in [2.75, 3.05) is 10.7 Å². The fraction of sp³-hybridized carbons (Fsp3) is 0.0714. The fourth-order valence-electron chi connectivity index (χ4n) is 1.80. The predicted octanol–water partition coefficient (Wildman–Crippen LogP) is 1.86. The van der Waals surface area contributed by atoms with Gasteiger partial charge in [0.25, 0.3) is 15.7 Å². The lowest BCUT2D eigenvalue weighted by molar-refractivity contribution is -0.384. The number of sulfonamides is 1. The lowest BCUT2D eigenvalue weighted by Gasteiger charge is -2.10. The maximum absolute atomic E-state index is 12.2. The number of nitro benzene ring substituents is 1. The number of carbonyl (C=O) groups excluding carboxylic acids is 1. The van der Waals surface area contributed by atoms with Crippen molar-refractivity contribution in [1.82, 2.24) is 4.83 Å². The van der Waals surface area contributed by atoms with Crippen molar-refractivity contribution in [2.24, 2.45) is 0 Å². The molecule has 10 heteroatoms. The average molecular weight is 350 g/mol. The molecule has 0 heterocycles. The van der Waals surface area contributed by atoms with Crippen LogP contribution in [0.3, 0.4) is 0 Å². The van der Waals surface area contributed by atoms with E-state index in [1.54, 1.807) is 0 Å². The van der Waals surface area contributed by atoms with Gasteiger partial charge in [-0.25, -0.2) is 8.42 Å². The lowest BCUT2D eigenvalue weighted by Crippen LogP contribution is -2.29. The van der Waals surface area contributed by atoms with Crippen LogP contribution in [0.15, 0.2) is 53.4 Å². The van der Waals surface area contributed by atoms with Gasteiger partial charge < -0.3 is 10.7 Å². The molecule has 0 bridgehead atoms. The highest BCUT2D eigenvalue weighted by Crippen LogP contribution is 2.18. The standard InChI is InChI=1S/C14H14N4O5S/c1-10(19)15-11-5-7-14(8-6-11)24(22,23)17-16-12-3-2-4-13(9-12)18(20)21/h2-9,16-17H,1H3,(H,15,19). The Morgan fingerprint density at radius 2 is 1.75 bits per heavy atom. The van der Waals surface area contributed by atoms with Crippen molar-refractivity contribution in [2.45, 2.75) is 11.8 Å². The summed E-state index contributed by atoms with van der Waals surface area (Å²) in [6.07, 6.45) is 0. The van der Waals surface area contributed by atoms with Gasteiger partial charge >= 0.3 is 0 Å². The van der Waals surface area contributed by atoms with Crippen LogP contribution in [0.5, 0.6) is 0 Å². The van der Waals surface area contributed by atoms with E-state index in [2.05, 4.69) is 15.6 Å². The van der Waals surface area contributed by atoms with Crippen molar-refractivity contribution in [1.29, 1.82) is 0 Å². The zero-order valence-electron chi connectivity index (χ0n) is 12.5. The summed E-state index contributed by atoms with van der Waals surface area (Å²) in [4.78, 5) is 23.1. The van der Waals surface area contributed by atoms with E-state index in [0.717, 1.165) is 0 Å². The largest absolute Gasteiger partial charge is 0.326 e. The Hall–Kier alpha value is -2.98. The smallest absolute Gasteiger partial charge is 0.271 e. The van der Waals surface area contributed by atoms with Crippen molar-refractivity contribution < 1.29 is 18.1 Å². The van der Waals surface area contributed by atoms with Gasteiger partial charge in [-0.1, -0.05) is 6.07 Å². The van der Waals surface area contributed by atoms with Crippen molar-refractivity contribution in [3.8, 4) is 0 Å². The molecule has 9 nitrogen and oxygen atoms in total. The summed E-state index contributed by atoms with van der Waals surface area (Å²) in [5.41, 5.74) is 2.94. The topological polar surface area (TPSA) is 130 Å². The molecule has 1 amide bonds. The fourth-order valence-corrected chi connectivity index (χ4v) is 2.67. The van der Waals surface area contributed by atoms with Crippen LogP contribution in [0.4, 0.5) is 17.1 Å². The Labute approximate surface area is 137 Å². The summed E-state index contributed by atoms with van der Waals surface area (Å²) < 4.78 is 24.3. The van der Waals surface area contributed by atoms with Crippen molar-refractivity contribution in [3.05, 3.63) is 58.6 Å². The van der Waals surface area contributed by atoms with Gasteiger partial charge in [0.15, 0.2) is 0 Å². The molecule has 3 N–H and O–H groups in total. The molecule has 0 atom stereocenters. The number of nitrogens with one attached hydrogen (secondary N) is 3. The second-order valence-corrected chi connectivity index (χ2v) is 6.43. The summed E-state index contributed by atoms with van der Waals surface area (Å²) >= 11 is 0. The Morgan fingerprint density at radius 1 is 1.08 bits per heavy atom. The third-order valence-corrected chi connectivity index (χ3v) is 4.14. The molecule has 0 radical (unpaired) electrons. The maximum Gasteiger partial charge on any atom is 0.271 e. The highest BCUT2D eigenvalue weighted by molar-refractivity contribution is 7.89. The number of rotatable bonds is 6. The molecule has 0 fully saturated rings. The minimum absolute atomic E-state index is 0.0328. The maximum atomic E-state index is 12.2. The van der Waals surface area contributed by atoms with Crippen LogP contribution < -0.4 is 15.6 Å². The molecule has 126 valence electrons. The summed E-state index contributed by atoms with van der Waals surface area (Å²) in [6.45, 7) is 1.34. The first-order valence-electron chi connectivity index (χ1n) is 6.68. The van der Waals surface area contributed by atoms with Crippen LogP contribution in [0, 0.1) is 10.1 Å². The number of carbonyl (C=O) groups is 1. The summed E-state index contributed by atoms with van der Waals surface area (Å²) in [6, 6.07) is 10.9. The van der Waals surface area contributed by atoms with E-state index < -0.39 is 14.9 Å². The summed E-state index contributed by atoms with van der Waals surface area (Å²) in [5.74, 6) is -0.268. The van der Waals surface area contributed by atoms with Gasteiger partial charge in [0.05, 0.1) is 15.5 Å². The number of amides is 1. The van der Waals surface area contributed by atoms with E-state index in [9.17, 15) is 23.3 Å². The Kier molecular flexibility index (Phi) is 5.11. The quantitative estimate of drug-likeness (QED) is 0.538. The highest BCUT2D eigenvalue weighted by atomic mass is 32.2. The number of hydrogen-bond acceptors (Lipinski definition) is 6. The second kappa shape index (κ2) is 7.06.